The molecule has 1 saturated heterocycles. The molecule has 4 N–H and O–H groups in total. The molecule has 0 saturated carbocycles. The second-order valence-electron chi connectivity index (χ2n) is 8.58. The molecule has 2 aromatic heterocycles. The lowest BCUT2D eigenvalue weighted by atomic mass is 9.91. The van der Waals surface area contributed by atoms with Crippen LogP contribution >= 0.6 is 0 Å². The zero-order valence-corrected chi connectivity index (χ0v) is 19.3. The lowest BCUT2D eigenvalue weighted by Gasteiger charge is -2.40. The first kappa shape index (κ1) is 23.2. The third-order valence-electron chi connectivity index (χ3n) is 6.18. The van der Waals surface area contributed by atoms with Crippen LogP contribution in [-0.2, 0) is 6.54 Å². The third-order valence-corrected chi connectivity index (χ3v) is 6.18. The quantitative estimate of drug-likeness (QED) is 0.331. The Balaban J connectivity index is 1.25. The number of aromatic nitrogens is 2. The number of nitrogens with two attached hydrogens (primary N) is 1. The van der Waals surface area contributed by atoms with E-state index in [2.05, 4.69) is 37.6 Å². The van der Waals surface area contributed by atoms with Gasteiger partial charge in [0.2, 0.25) is 0 Å². The SMILES string of the molecule is NC(=O)c1cnc(Nc2ccc(C3CN(c4ccccn4)C3)cc2)cc1NCc1cccc(F)c1F. The maximum atomic E-state index is 14.0. The fraction of sp³-hybridized carbons (Fsp3) is 0.148. The van der Waals surface area contributed by atoms with E-state index in [1.54, 1.807) is 12.3 Å². The predicted molar refractivity (Wildman–Crippen MR) is 135 cm³/mol. The van der Waals surface area contributed by atoms with Gasteiger partial charge in [0.25, 0.3) is 5.91 Å². The number of anilines is 4. The summed E-state index contributed by atoms with van der Waals surface area (Å²) in [4.78, 5) is 22.8. The fourth-order valence-electron chi connectivity index (χ4n) is 4.15. The molecule has 0 radical (unpaired) electrons. The van der Waals surface area contributed by atoms with E-state index < -0.39 is 17.5 Å². The zero-order chi connectivity index (χ0) is 25.1. The van der Waals surface area contributed by atoms with Gasteiger partial charge in [-0.3, -0.25) is 4.79 Å². The van der Waals surface area contributed by atoms with Crippen molar-refractivity contribution in [3.05, 3.63) is 107 Å². The van der Waals surface area contributed by atoms with Gasteiger partial charge in [-0.05, 0) is 35.9 Å². The van der Waals surface area contributed by atoms with Gasteiger partial charge in [0.05, 0.1) is 11.3 Å². The molecule has 1 amide bonds. The molecule has 182 valence electrons. The number of nitrogens with one attached hydrogen (secondary N) is 2. The van der Waals surface area contributed by atoms with Gasteiger partial charge in [-0.15, -0.1) is 0 Å². The highest BCUT2D eigenvalue weighted by Crippen LogP contribution is 2.31. The topological polar surface area (TPSA) is 96.2 Å². The summed E-state index contributed by atoms with van der Waals surface area (Å²) in [6, 6.07) is 19.6. The largest absolute Gasteiger partial charge is 0.380 e. The van der Waals surface area contributed by atoms with Crippen molar-refractivity contribution < 1.29 is 13.6 Å². The monoisotopic (exact) mass is 486 g/mol. The number of carbonyl (C=O) groups is 1. The van der Waals surface area contributed by atoms with Crippen LogP contribution < -0.4 is 21.3 Å². The number of benzene rings is 2. The van der Waals surface area contributed by atoms with Crippen LogP contribution in [0.2, 0.25) is 0 Å². The molecule has 0 atom stereocenters. The first-order valence-corrected chi connectivity index (χ1v) is 11.5. The molecule has 7 nitrogen and oxygen atoms in total. The molecule has 0 bridgehead atoms. The van der Waals surface area contributed by atoms with E-state index in [9.17, 15) is 13.6 Å². The minimum Gasteiger partial charge on any atom is -0.380 e. The van der Waals surface area contributed by atoms with E-state index in [1.165, 1.54) is 23.9 Å². The van der Waals surface area contributed by atoms with Crippen molar-refractivity contribution in [1.29, 1.82) is 0 Å². The molecule has 1 aliphatic rings. The number of halogens is 2. The fourth-order valence-corrected chi connectivity index (χ4v) is 4.15. The summed E-state index contributed by atoms with van der Waals surface area (Å²) >= 11 is 0. The molecule has 4 aromatic rings. The van der Waals surface area contributed by atoms with Crippen molar-refractivity contribution in [2.24, 2.45) is 5.73 Å². The number of rotatable bonds is 8. The van der Waals surface area contributed by atoms with Crippen molar-refractivity contribution in [1.82, 2.24) is 9.97 Å². The van der Waals surface area contributed by atoms with E-state index in [4.69, 9.17) is 5.73 Å². The number of amides is 1. The van der Waals surface area contributed by atoms with E-state index >= 15 is 0 Å². The van der Waals surface area contributed by atoms with Crippen LogP contribution in [0.5, 0.6) is 0 Å². The summed E-state index contributed by atoms with van der Waals surface area (Å²) in [7, 11) is 0. The summed E-state index contributed by atoms with van der Waals surface area (Å²) in [6.07, 6.45) is 3.15. The second kappa shape index (κ2) is 9.99. The Bertz CT molecular complexity index is 1380. The highest BCUT2D eigenvalue weighted by Gasteiger charge is 2.28. The molecule has 9 heteroatoms. The second-order valence-corrected chi connectivity index (χ2v) is 8.58. The highest BCUT2D eigenvalue weighted by atomic mass is 19.2. The van der Waals surface area contributed by atoms with Crippen LogP contribution in [-0.4, -0.2) is 29.0 Å². The number of primary amides is 1. The van der Waals surface area contributed by atoms with Gasteiger partial charge in [-0.1, -0.05) is 30.3 Å². The number of pyridine rings is 2. The molecule has 2 aromatic carbocycles. The standard InChI is InChI=1S/C27H24F2N6O/c28-22-5-3-4-18(26(22)29)13-32-23-12-24(33-14-21(23)27(30)36)34-20-9-7-17(8-10-20)19-15-35(16-19)25-6-1-2-11-31-25/h1-12,14,19H,13,15-16H2,(H2,30,36)(H2,32,33,34). The Morgan fingerprint density at radius 1 is 1.03 bits per heavy atom. The molecule has 1 fully saturated rings. The van der Waals surface area contributed by atoms with E-state index in [0.29, 0.717) is 17.4 Å². The molecule has 5 rings (SSSR count). The summed E-state index contributed by atoms with van der Waals surface area (Å²) in [5.41, 5.74) is 8.17. The van der Waals surface area contributed by atoms with E-state index in [0.717, 1.165) is 30.7 Å². The molecule has 0 spiro atoms. The van der Waals surface area contributed by atoms with Crippen molar-refractivity contribution in [3.8, 4) is 0 Å². The molecular weight excluding hydrogens is 462 g/mol. The Morgan fingerprint density at radius 2 is 1.83 bits per heavy atom. The average Bonchev–Trinajstić information content (AvgIpc) is 2.86. The molecular formula is C27H24F2N6O. The van der Waals surface area contributed by atoms with Crippen molar-refractivity contribution in [3.63, 3.8) is 0 Å². The van der Waals surface area contributed by atoms with Crippen LogP contribution in [0.4, 0.5) is 31.8 Å². The van der Waals surface area contributed by atoms with Gasteiger partial charge < -0.3 is 21.3 Å². The molecule has 36 heavy (non-hydrogen) atoms. The molecule has 3 heterocycles. The average molecular weight is 487 g/mol. The highest BCUT2D eigenvalue weighted by molar-refractivity contribution is 5.98. The maximum Gasteiger partial charge on any atom is 0.252 e. The van der Waals surface area contributed by atoms with Crippen LogP contribution in [0.1, 0.15) is 27.4 Å². The summed E-state index contributed by atoms with van der Waals surface area (Å²) in [6.45, 7) is 1.81. The van der Waals surface area contributed by atoms with Crippen molar-refractivity contribution in [2.75, 3.05) is 28.6 Å². The minimum atomic E-state index is -0.937. The summed E-state index contributed by atoms with van der Waals surface area (Å²) in [5.74, 6) is -0.653. The van der Waals surface area contributed by atoms with Crippen molar-refractivity contribution >= 4 is 28.9 Å². The lowest BCUT2D eigenvalue weighted by molar-refractivity contribution is 0.100. The number of nitrogens with zero attached hydrogens (tertiary/aromatic N) is 3. The molecule has 0 unspecified atom stereocenters. The van der Waals surface area contributed by atoms with Gasteiger partial charge in [0.15, 0.2) is 11.6 Å². The third kappa shape index (κ3) is 4.95. The molecule has 1 aliphatic heterocycles. The normalized spacial score (nSPS) is 13.2. The van der Waals surface area contributed by atoms with Gasteiger partial charge >= 0.3 is 0 Å². The lowest BCUT2D eigenvalue weighted by Crippen LogP contribution is -2.45. The maximum absolute atomic E-state index is 14.0. The minimum absolute atomic E-state index is 0.0288. The van der Waals surface area contributed by atoms with E-state index in [1.807, 2.05) is 30.3 Å². The first-order valence-electron chi connectivity index (χ1n) is 11.5. The van der Waals surface area contributed by atoms with Gasteiger partial charge in [0, 0.05) is 55.3 Å². The van der Waals surface area contributed by atoms with Crippen LogP contribution in [0.15, 0.2) is 79.1 Å². The molecule has 0 aliphatic carbocycles. The Morgan fingerprint density at radius 3 is 2.56 bits per heavy atom. The summed E-state index contributed by atoms with van der Waals surface area (Å²) < 4.78 is 27.5. The van der Waals surface area contributed by atoms with Gasteiger partial charge in [0.1, 0.15) is 11.6 Å². The summed E-state index contributed by atoms with van der Waals surface area (Å²) in [5, 5.41) is 6.17. The first-order chi connectivity index (χ1) is 17.5. The van der Waals surface area contributed by atoms with Gasteiger partial charge in [-0.25, -0.2) is 18.7 Å². The number of hydrogen-bond donors (Lipinski definition) is 3. The van der Waals surface area contributed by atoms with E-state index in [-0.39, 0.29) is 17.7 Å². The Labute approximate surface area is 207 Å². The van der Waals surface area contributed by atoms with Crippen LogP contribution in [0.25, 0.3) is 0 Å². The Kier molecular flexibility index (Phi) is 6.44. The van der Waals surface area contributed by atoms with Crippen LogP contribution in [0, 0.1) is 11.6 Å². The zero-order valence-electron chi connectivity index (χ0n) is 19.3. The Hall–Kier alpha value is -4.53. The van der Waals surface area contributed by atoms with Gasteiger partial charge in [-0.2, -0.15) is 0 Å². The van der Waals surface area contributed by atoms with Crippen molar-refractivity contribution in [2.45, 2.75) is 12.5 Å². The smallest absolute Gasteiger partial charge is 0.252 e. The number of hydrogen-bond acceptors (Lipinski definition) is 6. The number of carbonyl (C=O) groups excluding carboxylic acids is 1. The van der Waals surface area contributed by atoms with Crippen LogP contribution in [0.3, 0.4) is 0 Å². The predicted octanol–water partition coefficient (Wildman–Crippen LogP) is 4.81.